The summed E-state index contributed by atoms with van der Waals surface area (Å²) >= 11 is 0. The Bertz CT molecular complexity index is 1020. The minimum Gasteiger partial charge on any atom is -0.368 e. The molecule has 0 bridgehead atoms. The van der Waals surface area contributed by atoms with Crippen molar-refractivity contribution in [2.24, 2.45) is 5.73 Å². The van der Waals surface area contributed by atoms with Crippen molar-refractivity contribution in [1.29, 1.82) is 0 Å². The van der Waals surface area contributed by atoms with Crippen LogP contribution in [0.15, 0.2) is 28.8 Å². The third kappa shape index (κ3) is 3.92. The van der Waals surface area contributed by atoms with Gasteiger partial charge in [0.25, 0.3) is 0 Å². The Morgan fingerprint density at radius 2 is 2.14 bits per heavy atom. The van der Waals surface area contributed by atoms with Gasteiger partial charge in [-0.3, -0.25) is 9.69 Å². The average Bonchev–Trinajstić information content (AvgIpc) is 3.29. The lowest BCUT2D eigenvalue weighted by Gasteiger charge is -2.31. The molecule has 2 N–H and O–H groups in total. The van der Waals surface area contributed by atoms with E-state index in [4.69, 9.17) is 10.3 Å². The first-order valence-corrected chi connectivity index (χ1v) is 10.3. The molecule has 4 rings (SSSR count). The van der Waals surface area contributed by atoms with E-state index in [1.54, 1.807) is 0 Å². The molecule has 1 atom stereocenters. The fraction of sp³-hybridized carbons (Fsp3) is 0.500. The van der Waals surface area contributed by atoms with Gasteiger partial charge in [0.15, 0.2) is 5.82 Å². The van der Waals surface area contributed by atoms with Gasteiger partial charge in [0.2, 0.25) is 11.8 Å². The predicted molar refractivity (Wildman–Crippen MR) is 112 cm³/mol. The lowest BCUT2D eigenvalue weighted by Crippen LogP contribution is -2.34. The Balaban J connectivity index is 1.58. The van der Waals surface area contributed by atoms with Crippen LogP contribution in [0, 0.1) is 6.92 Å². The highest BCUT2D eigenvalue weighted by Gasteiger charge is 2.27. The number of amides is 1. The summed E-state index contributed by atoms with van der Waals surface area (Å²) in [5, 5.41) is 5.32. The fourth-order valence-corrected chi connectivity index (χ4v) is 4.33. The molecule has 1 unspecified atom stereocenters. The number of hydrogen-bond acceptors (Lipinski definition) is 5. The molecule has 0 aliphatic carbocycles. The second kappa shape index (κ2) is 7.99. The van der Waals surface area contributed by atoms with Crippen LogP contribution < -0.4 is 5.73 Å². The Morgan fingerprint density at radius 3 is 2.86 bits per heavy atom. The second-order valence-corrected chi connectivity index (χ2v) is 8.35. The Hall–Kier alpha value is -2.67. The number of carbonyl (C=O) groups is 1. The van der Waals surface area contributed by atoms with Crippen LogP contribution in [-0.4, -0.2) is 38.6 Å². The highest BCUT2D eigenvalue weighted by molar-refractivity contribution is 5.87. The number of aromatic nitrogens is 3. The van der Waals surface area contributed by atoms with Crippen molar-refractivity contribution in [2.45, 2.75) is 58.5 Å². The Labute approximate surface area is 170 Å². The van der Waals surface area contributed by atoms with Gasteiger partial charge in [0, 0.05) is 35.6 Å². The number of para-hydroxylation sites is 1. The van der Waals surface area contributed by atoms with Crippen LogP contribution in [0.4, 0.5) is 0 Å². The van der Waals surface area contributed by atoms with Crippen LogP contribution >= 0.6 is 0 Å². The van der Waals surface area contributed by atoms with Gasteiger partial charge in [-0.15, -0.1) is 0 Å². The maximum atomic E-state index is 11.6. The zero-order valence-corrected chi connectivity index (χ0v) is 17.4. The van der Waals surface area contributed by atoms with E-state index in [2.05, 4.69) is 47.9 Å². The quantitative estimate of drug-likeness (QED) is 0.691. The van der Waals surface area contributed by atoms with E-state index >= 15 is 0 Å². The minimum absolute atomic E-state index is 0.203. The number of primary amides is 1. The zero-order chi connectivity index (χ0) is 20.5. The van der Waals surface area contributed by atoms with E-state index in [9.17, 15) is 4.79 Å². The van der Waals surface area contributed by atoms with Crippen molar-refractivity contribution in [2.75, 3.05) is 13.1 Å². The molecule has 1 fully saturated rings. The number of benzene rings is 1. The number of nitrogens with two attached hydrogens (primary N) is 1. The van der Waals surface area contributed by atoms with Gasteiger partial charge in [-0.2, -0.15) is 4.98 Å². The van der Waals surface area contributed by atoms with E-state index < -0.39 is 0 Å². The molecule has 0 saturated carbocycles. The molecule has 154 valence electrons. The SMILES string of the molecule is Cc1c(CN2CCCC(c3nc(C(C)C)no3)C2)c2ccccc2n1CC(N)=O. The Morgan fingerprint density at radius 1 is 1.34 bits per heavy atom. The first kappa shape index (κ1) is 19.6. The molecular formula is C22H29N5O2. The van der Waals surface area contributed by atoms with Gasteiger partial charge in [0.05, 0.1) is 5.92 Å². The van der Waals surface area contributed by atoms with E-state index in [1.807, 2.05) is 16.7 Å². The maximum absolute atomic E-state index is 11.6. The van der Waals surface area contributed by atoms with Gasteiger partial charge in [-0.25, -0.2) is 0 Å². The molecule has 2 aromatic heterocycles. The lowest BCUT2D eigenvalue weighted by molar-refractivity contribution is -0.118. The van der Waals surface area contributed by atoms with Gasteiger partial charge in [-0.05, 0) is 37.9 Å². The highest BCUT2D eigenvalue weighted by Crippen LogP contribution is 2.31. The molecular weight excluding hydrogens is 366 g/mol. The molecule has 1 aliphatic rings. The standard InChI is InChI=1S/C22H29N5O2/c1-14(2)21-24-22(29-25-21)16-7-6-10-26(11-16)12-18-15(3)27(13-20(23)28)19-9-5-4-8-17(18)19/h4-5,8-9,14,16H,6-7,10-13H2,1-3H3,(H2,23,28). The van der Waals surface area contributed by atoms with Gasteiger partial charge in [-0.1, -0.05) is 37.2 Å². The number of nitrogens with zero attached hydrogens (tertiary/aromatic N) is 4. The molecule has 0 radical (unpaired) electrons. The molecule has 1 saturated heterocycles. The van der Waals surface area contributed by atoms with E-state index in [0.29, 0.717) is 0 Å². The molecule has 3 heterocycles. The molecule has 7 heteroatoms. The summed E-state index contributed by atoms with van der Waals surface area (Å²) < 4.78 is 7.59. The summed E-state index contributed by atoms with van der Waals surface area (Å²) in [4.78, 5) is 18.7. The fourth-order valence-electron chi connectivity index (χ4n) is 4.33. The van der Waals surface area contributed by atoms with Crippen LogP contribution in [0.1, 0.15) is 61.5 Å². The van der Waals surface area contributed by atoms with Crippen LogP contribution in [0.3, 0.4) is 0 Å². The summed E-state index contributed by atoms with van der Waals surface area (Å²) in [7, 11) is 0. The summed E-state index contributed by atoms with van der Waals surface area (Å²) in [6.07, 6.45) is 2.17. The largest absolute Gasteiger partial charge is 0.368 e. The van der Waals surface area contributed by atoms with E-state index in [-0.39, 0.29) is 24.3 Å². The molecule has 1 aliphatic heterocycles. The second-order valence-electron chi connectivity index (χ2n) is 8.35. The lowest BCUT2D eigenvalue weighted by atomic mass is 9.97. The minimum atomic E-state index is -0.323. The first-order valence-electron chi connectivity index (χ1n) is 10.3. The van der Waals surface area contributed by atoms with Crippen molar-refractivity contribution in [3.8, 4) is 0 Å². The van der Waals surface area contributed by atoms with Crippen LogP contribution in [0.5, 0.6) is 0 Å². The maximum Gasteiger partial charge on any atom is 0.237 e. The Kier molecular flexibility index (Phi) is 5.41. The smallest absolute Gasteiger partial charge is 0.237 e. The number of hydrogen-bond donors (Lipinski definition) is 1. The summed E-state index contributed by atoms with van der Waals surface area (Å²) in [6, 6.07) is 8.23. The van der Waals surface area contributed by atoms with Gasteiger partial charge < -0.3 is 14.8 Å². The van der Waals surface area contributed by atoms with Crippen LogP contribution in [0.25, 0.3) is 10.9 Å². The van der Waals surface area contributed by atoms with Crippen LogP contribution in [-0.2, 0) is 17.9 Å². The van der Waals surface area contributed by atoms with Crippen molar-refractivity contribution in [3.05, 3.63) is 47.2 Å². The average molecular weight is 396 g/mol. The van der Waals surface area contributed by atoms with Crippen LogP contribution in [0.2, 0.25) is 0 Å². The molecule has 1 aromatic carbocycles. The predicted octanol–water partition coefficient (Wildman–Crippen LogP) is 3.32. The monoisotopic (exact) mass is 395 g/mol. The number of rotatable bonds is 6. The van der Waals surface area contributed by atoms with E-state index in [0.717, 1.165) is 55.4 Å². The van der Waals surface area contributed by atoms with Crippen molar-refractivity contribution in [1.82, 2.24) is 19.6 Å². The summed E-state index contributed by atoms with van der Waals surface area (Å²) in [5.41, 5.74) is 8.91. The molecule has 3 aromatic rings. The molecule has 1 amide bonds. The molecule has 7 nitrogen and oxygen atoms in total. The van der Waals surface area contributed by atoms with Crippen molar-refractivity contribution in [3.63, 3.8) is 0 Å². The zero-order valence-electron chi connectivity index (χ0n) is 17.4. The number of carbonyl (C=O) groups excluding carboxylic acids is 1. The number of piperidine rings is 1. The molecule has 0 spiro atoms. The third-order valence-electron chi connectivity index (χ3n) is 5.89. The normalized spacial score (nSPS) is 18.0. The highest BCUT2D eigenvalue weighted by atomic mass is 16.5. The third-order valence-corrected chi connectivity index (χ3v) is 5.89. The first-order chi connectivity index (χ1) is 13.9. The summed E-state index contributed by atoms with van der Waals surface area (Å²) in [5.74, 6) is 1.75. The number of likely N-dealkylation sites (tertiary alicyclic amines) is 1. The molecule has 29 heavy (non-hydrogen) atoms. The summed E-state index contributed by atoms with van der Waals surface area (Å²) in [6.45, 7) is 9.20. The topological polar surface area (TPSA) is 90.2 Å². The van der Waals surface area contributed by atoms with Gasteiger partial charge >= 0.3 is 0 Å². The van der Waals surface area contributed by atoms with Crippen molar-refractivity contribution >= 4 is 16.8 Å². The van der Waals surface area contributed by atoms with Crippen molar-refractivity contribution < 1.29 is 9.32 Å². The van der Waals surface area contributed by atoms with Gasteiger partial charge in [0.1, 0.15) is 6.54 Å². The number of fused-ring (bicyclic) bond motifs is 1. The van der Waals surface area contributed by atoms with E-state index in [1.165, 1.54) is 10.9 Å².